The van der Waals surface area contributed by atoms with Crippen LogP contribution in [-0.2, 0) is 9.53 Å². The first kappa shape index (κ1) is 14.4. The lowest BCUT2D eigenvalue weighted by molar-refractivity contribution is -0.141. The van der Waals surface area contributed by atoms with Crippen molar-refractivity contribution < 1.29 is 9.53 Å². The summed E-state index contributed by atoms with van der Waals surface area (Å²) in [5.41, 5.74) is 6.71. The molecule has 21 heavy (non-hydrogen) atoms. The molecular weight excluding hydrogens is 266 g/mol. The Hall–Kier alpha value is -1.59. The fourth-order valence-electron chi connectivity index (χ4n) is 3.11. The summed E-state index contributed by atoms with van der Waals surface area (Å²) >= 11 is 0. The fourth-order valence-corrected chi connectivity index (χ4v) is 3.11. The molecular formula is C16H23N3O2. The van der Waals surface area contributed by atoms with Crippen LogP contribution in [0, 0.1) is 0 Å². The molecule has 114 valence electrons. The van der Waals surface area contributed by atoms with Crippen LogP contribution >= 0.6 is 0 Å². The number of carbonyl (C=O) groups excluding carboxylic acids is 1. The Balaban J connectivity index is 1.51. The van der Waals surface area contributed by atoms with Crippen LogP contribution in [0.25, 0.3) is 0 Å². The van der Waals surface area contributed by atoms with Crippen LogP contribution in [0.4, 0.5) is 5.69 Å². The number of benzene rings is 1. The largest absolute Gasteiger partial charge is 0.380 e. The number of ether oxygens (including phenoxy) is 1. The second-order valence-electron chi connectivity index (χ2n) is 5.84. The average molecular weight is 289 g/mol. The van der Waals surface area contributed by atoms with Gasteiger partial charge in [-0.25, -0.2) is 0 Å². The molecule has 1 amide bonds. The first-order valence-corrected chi connectivity index (χ1v) is 7.72. The van der Waals surface area contributed by atoms with Crippen molar-refractivity contribution >= 4 is 11.6 Å². The van der Waals surface area contributed by atoms with Gasteiger partial charge >= 0.3 is 0 Å². The standard InChI is InChI=1S/C16H23N3O2/c17-10-14-6-7-15(21-14)16(20)19-9-8-13(11-19)18-12-4-2-1-3-5-12/h1-5,13-15,18H,6-11,17H2/t13?,14-,15+/m1/s1. The van der Waals surface area contributed by atoms with E-state index >= 15 is 0 Å². The molecule has 0 radical (unpaired) electrons. The van der Waals surface area contributed by atoms with E-state index in [4.69, 9.17) is 10.5 Å². The summed E-state index contributed by atoms with van der Waals surface area (Å²) in [5.74, 6) is 0.128. The number of likely N-dealkylation sites (tertiary alicyclic amines) is 1. The molecule has 2 heterocycles. The molecule has 1 aromatic rings. The van der Waals surface area contributed by atoms with Crippen LogP contribution < -0.4 is 11.1 Å². The van der Waals surface area contributed by atoms with Gasteiger partial charge in [-0.15, -0.1) is 0 Å². The van der Waals surface area contributed by atoms with Gasteiger partial charge in [-0.3, -0.25) is 4.79 Å². The van der Waals surface area contributed by atoms with Gasteiger partial charge in [0.15, 0.2) is 0 Å². The van der Waals surface area contributed by atoms with Crippen molar-refractivity contribution in [3.63, 3.8) is 0 Å². The van der Waals surface area contributed by atoms with Gasteiger partial charge in [-0.2, -0.15) is 0 Å². The second kappa shape index (κ2) is 6.45. The Kier molecular flexibility index (Phi) is 4.41. The number of nitrogens with two attached hydrogens (primary N) is 1. The zero-order valence-electron chi connectivity index (χ0n) is 12.2. The monoisotopic (exact) mass is 289 g/mol. The quantitative estimate of drug-likeness (QED) is 0.874. The highest BCUT2D eigenvalue weighted by atomic mass is 16.5. The van der Waals surface area contributed by atoms with Crippen molar-refractivity contribution in [2.45, 2.75) is 37.5 Å². The SMILES string of the molecule is NC[C@H]1CC[C@@H](C(=O)N2CCC(Nc3ccccc3)C2)O1. The Bertz CT molecular complexity index is 480. The minimum atomic E-state index is -0.283. The van der Waals surface area contributed by atoms with E-state index in [1.807, 2.05) is 23.1 Å². The molecule has 5 heteroatoms. The van der Waals surface area contributed by atoms with Gasteiger partial charge in [0, 0.05) is 31.4 Å². The summed E-state index contributed by atoms with van der Waals surface area (Å²) in [6.45, 7) is 2.05. The second-order valence-corrected chi connectivity index (χ2v) is 5.84. The molecule has 3 atom stereocenters. The van der Waals surface area contributed by atoms with Crippen molar-refractivity contribution in [3.05, 3.63) is 30.3 Å². The fraction of sp³-hybridized carbons (Fsp3) is 0.562. The van der Waals surface area contributed by atoms with Crippen LogP contribution in [0.1, 0.15) is 19.3 Å². The highest BCUT2D eigenvalue weighted by molar-refractivity contribution is 5.81. The van der Waals surface area contributed by atoms with E-state index in [1.54, 1.807) is 0 Å². The Morgan fingerprint density at radius 2 is 2.10 bits per heavy atom. The van der Waals surface area contributed by atoms with Crippen molar-refractivity contribution in [3.8, 4) is 0 Å². The van der Waals surface area contributed by atoms with E-state index in [2.05, 4.69) is 17.4 Å². The van der Waals surface area contributed by atoms with Gasteiger partial charge in [0.05, 0.1) is 6.10 Å². The van der Waals surface area contributed by atoms with Crippen molar-refractivity contribution in [1.82, 2.24) is 4.90 Å². The Morgan fingerprint density at radius 1 is 1.29 bits per heavy atom. The minimum Gasteiger partial charge on any atom is -0.380 e. The number of nitrogens with one attached hydrogen (secondary N) is 1. The molecule has 0 aliphatic carbocycles. The number of hydrogen-bond acceptors (Lipinski definition) is 4. The summed E-state index contributed by atoms with van der Waals surface area (Å²) in [5, 5.41) is 3.48. The molecule has 2 aliphatic heterocycles. The summed E-state index contributed by atoms with van der Waals surface area (Å²) in [4.78, 5) is 14.4. The number of rotatable bonds is 4. The third-order valence-corrected chi connectivity index (χ3v) is 4.29. The number of amides is 1. The molecule has 3 N–H and O–H groups in total. The number of para-hydroxylation sites is 1. The molecule has 0 spiro atoms. The summed E-state index contributed by atoms with van der Waals surface area (Å²) in [7, 11) is 0. The summed E-state index contributed by atoms with van der Waals surface area (Å²) in [6, 6.07) is 10.5. The minimum absolute atomic E-state index is 0.0554. The van der Waals surface area contributed by atoms with Gasteiger partial charge in [-0.05, 0) is 31.4 Å². The summed E-state index contributed by atoms with van der Waals surface area (Å²) < 4.78 is 5.70. The average Bonchev–Trinajstić information content (AvgIpc) is 3.16. The van der Waals surface area contributed by atoms with E-state index in [1.165, 1.54) is 0 Å². The highest BCUT2D eigenvalue weighted by Crippen LogP contribution is 2.23. The molecule has 1 unspecified atom stereocenters. The van der Waals surface area contributed by atoms with E-state index in [0.29, 0.717) is 12.6 Å². The van der Waals surface area contributed by atoms with E-state index in [0.717, 1.165) is 38.0 Å². The predicted molar refractivity (Wildman–Crippen MR) is 82.0 cm³/mol. The molecule has 2 saturated heterocycles. The molecule has 2 fully saturated rings. The van der Waals surface area contributed by atoms with Crippen LogP contribution in [0.3, 0.4) is 0 Å². The van der Waals surface area contributed by atoms with Gasteiger partial charge in [0.1, 0.15) is 6.10 Å². The smallest absolute Gasteiger partial charge is 0.251 e. The molecule has 0 saturated carbocycles. The number of anilines is 1. The van der Waals surface area contributed by atoms with Crippen LogP contribution in [-0.4, -0.2) is 48.7 Å². The zero-order valence-corrected chi connectivity index (χ0v) is 12.2. The molecule has 1 aromatic carbocycles. The molecule has 2 aliphatic rings. The number of nitrogens with zero attached hydrogens (tertiary/aromatic N) is 1. The third-order valence-electron chi connectivity index (χ3n) is 4.29. The summed E-state index contributed by atoms with van der Waals surface area (Å²) in [6.07, 6.45) is 2.45. The lowest BCUT2D eigenvalue weighted by Gasteiger charge is -2.21. The van der Waals surface area contributed by atoms with Crippen molar-refractivity contribution in [1.29, 1.82) is 0 Å². The first-order chi connectivity index (χ1) is 10.3. The van der Waals surface area contributed by atoms with Gasteiger partial charge in [0.25, 0.3) is 5.91 Å². The maximum Gasteiger partial charge on any atom is 0.251 e. The van der Waals surface area contributed by atoms with E-state index in [-0.39, 0.29) is 18.1 Å². The van der Waals surface area contributed by atoms with Crippen LogP contribution in [0.5, 0.6) is 0 Å². The van der Waals surface area contributed by atoms with Crippen LogP contribution in [0.15, 0.2) is 30.3 Å². The molecule has 5 nitrogen and oxygen atoms in total. The first-order valence-electron chi connectivity index (χ1n) is 7.72. The Morgan fingerprint density at radius 3 is 2.81 bits per heavy atom. The lowest BCUT2D eigenvalue weighted by Crippen LogP contribution is -2.39. The molecule has 0 bridgehead atoms. The van der Waals surface area contributed by atoms with Gasteiger partial charge < -0.3 is 20.7 Å². The third kappa shape index (κ3) is 3.36. The predicted octanol–water partition coefficient (Wildman–Crippen LogP) is 1.21. The lowest BCUT2D eigenvalue weighted by atomic mass is 10.2. The van der Waals surface area contributed by atoms with Gasteiger partial charge in [0.2, 0.25) is 0 Å². The van der Waals surface area contributed by atoms with Crippen molar-refractivity contribution in [2.24, 2.45) is 5.73 Å². The maximum atomic E-state index is 12.4. The van der Waals surface area contributed by atoms with E-state index < -0.39 is 0 Å². The maximum absolute atomic E-state index is 12.4. The highest BCUT2D eigenvalue weighted by Gasteiger charge is 2.35. The topological polar surface area (TPSA) is 67.6 Å². The van der Waals surface area contributed by atoms with Crippen LogP contribution in [0.2, 0.25) is 0 Å². The normalized spacial score (nSPS) is 28.8. The molecule has 3 rings (SSSR count). The van der Waals surface area contributed by atoms with Crippen molar-refractivity contribution in [2.75, 3.05) is 25.0 Å². The Labute approximate surface area is 125 Å². The molecule has 0 aromatic heterocycles. The number of hydrogen-bond donors (Lipinski definition) is 2. The number of carbonyl (C=O) groups is 1. The van der Waals surface area contributed by atoms with Gasteiger partial charge in [-0.1, -0.05) is 18.2 Å². The van der Waals surface area contributed by atoms with E-state index in [9.17, 15) is 4.79 Å². The zero-order chi connectivity index (χ0) is 14.7.